The number of halogens is 3. The zero-order valence-corrected chi connectivity index (χ0v) is 13.1. The van der Waals surface area contributed by atoms with Crippen molar-refractivity contribution >= 4 is 31.9 Å². The van der Waals surface area contributed by atoms with E-state index in [-0.39, 0.29) is 6.61 Å². The SMILES string of the molecule is NS(=O)(=O)c1c(Br)cc(F)c(C(=O)OCCC2CC2)c1F. The van der Waals surface area contributed by atoms with Crippen LogP contribution in [-0.4, -0.2) is 21.0 Å². The molecule has 0 aliphatic heterocycles. The van der Waals surface area contributed by atoms with E-state index in [0.29, 0.717) is 18.4 Å². The lowest BCUT2D eigenvalue weighted by Gasteiger charge is -2.10. The van der Waals surface area contributed by atoms with Crippen LogP contribution in [-0.2, 0) is 14.8 Å². The molecule has 0 radical (unpaired) electrons. The minimum Gasteiger partial charge on any atom is -0.462 e. The second-order valence-electron chi connectivity index (χ2n) is 4.77. The van der Waals surface area contributed by atoms with Crippen LogP contribution in [0.5, 0.6) is 0 Å². The fourth-order valence-corrected chi connectivity index (χ4v) is 3.55. The standard InChI is InChI=1S/C12H12BrF2NO4S/c13-7-5-8(14)9(10(15)11(7)21(16,18)19)12(17)20-4-3-6-1-2-6/h5-6H,1-4H2,(H2,16,18,19). The number of hydrogen-bond donors (Lipinski definition) is 1. The van der Waals surface area contributed by atoms with Gasteiger partial charge in [0.05, 0.1) is 6.61 Å². The van der Waals surface area contributed by atoms with Gasteiger partial charge in [-0.1, -0.05) is 12.8 Å². The van der Waals surface area contributed by atoms with E-state index in [2.05, 4.69) is 15.9 Å². The quantitative estimate of drug-likeness (QED) is 0.790. The molecule has 1 aliphatic carbocycles. The number of ether oxygens (including phenoxy) is 1. The van der Waals surface area contributed by atoms with Crippen LogP contribution >= 0.6 is 15.9 Å². The Labute approximate surface area is 128 Å². The summed E-state index contributed by atoms with van der Waals surface area (Å²) in [6.07, 6.45) is 2.72. The van der Waals surface area contributed by atoms with Crippen LogP contribution in [0.4, 0.5) is 8.78 Å². The monoisotopic (exact) mass is 383 g/mol. The van der Waals surface area contributed by atoms with E-state index in [4.69, 9.17) is 9.88 Å². The Morgan fingerprint density at radius 1 is 1.43 bits per heavy atom. The Balaban J connectivity index is 2.31. The third kappa shape index (κ3) is 3.78. The predicted octanol–water partition coefficient (Wildman–Crippen LogP) is 2.33. The molecule has 0 spiro atoms. The molecule has 5 nitrogen and oxygen atoms in total. The van der Waals surface area contributed by atoms with Crippen molar-refractivity contribution < 1.29 is 26.7 Å². The summed E-state index contributed by atoms with van der Waals surface area (Å²) in [6.45, 7) is 0.0309. The van der Waals surface area contributed by atoms with Crippen LogP contribution in [0.2, 0.25) is 0 Å². The summed E-state index contributed by atoms with van der Waals surface area (Å²) in [7, 11) is -4.46. The number of benzene rings is 1. The number of carbonyl (C=O) groups is 1. The van der Waals surface area contributed by atoms with Gasteiger partial charge in [-0.15, -0.1) is 0 Å². The second-order valence-corrected chi connectivity index (χ2v) is 7.12. The molecular formula is C12H12BrF2NO4S. The van der Waals surface area contributed by atoms with Crippen molar-refractivity contribution in [2.24, 2.45) is 11.1 Å². The number of nitrogens with two attached hydrogens (primary N) is 1. The predicted molar refractivity (Wildman–Crippen MR) is 73.1 cm³/mol. The molecule has 1 aromatic rings. The molecule has 0 saturated heterocycles. The fraction of sp³-hybridized carbons (Fsp3) is 0.417. The first kappa shape index (κ1) is 16.3. The molecule has 9 heteroatoms. The van der Waals surface area contributed by atoms with E-state index in [0.717, 1.165) is 12.8 Å². The molecule has 0 bridgehead atoms. The lowest BCUT2D eigenvalue weighted by Crippen LogP contribution is -2.19. The van der Waals surface area contributed by atoms with E-state index < -0.39 is 42.6 Å². The first-order valence-electron chi connectivity index (χ1n) is 6.09. The van der Waals surface area contributed by atoms with Gasteiger partial charge in [-0.05, 0) is 34.3 Å². The van der Waals surface area contributed by atoms with Crippen molar-refractivity contribution in [3.63, 3.8) is 0 Å². The van der Waals surface area contributed by atoms with Crippen molar-refractivity contribution in [2.45, 2.75) is 24.2 Å². The molecule has 0 amide bonds. The molecule has 1 aliphatic rings. The van der Waals surface area contributed by atoms with E-state index in [1.54, 1.807) is 0 Å². The van der Waals surface area contributed by atoms with Gasteiger partial charge in [0.2, 0.25) is 10.0 Å². The molecule has 2 rings (SSSR count). The summed E-state index contributed by atoms with van der Waals surface area (Å²) >= 11 is 2.71. The summed E-state index contributed by atoms with van der Waals surface area (Å²) in [5.41, 5.74) is -1.06. The van der Waals surface area contributed by atoms with Crippen molar-refractivity contribution in [1.29, 1.82) is 0 Å². The highest BCUT2D eigenvalue weighted by Gasteiger charge is 2.29. The number of esters is 1. The van der Waals surface area contributed by atoms with Crippen molar-refractivity contribution in [1.82, 2.24) is 0 Å². The minimum atomic E-state index is -4.46. The average molecular weight is 384 g/mol. The van der Waals surface area contributed by atoms with Gasteiger partial charge in [-0.2, -0.15) is 0 Å². The van der Waals surface area contributed by atoms with Crippen molar-refractivity contribution in [3.05, 3.63) is 27.7 Å². The van der Waals surface area contributed by atoms with Gasteiger partial charge in [-0.3, -0.25) is 0 Å². The van der Waals surface area contributed by atoms with E-state index in [9.17, 15) is 22.0 Å². The molecule has 116 valence electrons. The first-order valence-corrected chi connectivity index (χ1v) is 8.43. The van der Waals surface area contributed by atoms with E-state index >= 15 is 0 Å². The van der Waals surface area contributed by atoms with Gasteiger partial charge in [0, 0.05) is 4.47 Å². The third-order valence-electron chi connectivity index (χ3n) is 3.07. The average Bonchev–Trinajstić information content (AvgIpc) is 3.09. The topological polar surface area (TPSA) is 86.5 Å². The second kappa shape index (κ2) is 5.98. The lowest BCUT2D eigenvalue weighted by molar-refractivity contribution is 0.0483. The molecule has 0 heterocycles. The number of carbonyl (C=O) groups excluding carboxylic acids is 1. The number of sulfonamides is 1. The maximum atomic E-state index is 14.1. The molecular weight excluding hydrogens is 372 g/mol. The highest BCUT2D eigenvalue weighted by atomic mass is 79.9. The number of primary sulfonamides is 1. The van der Waals surface area contributed by atoms with Gasteiger partial charge >= 0.3 is 5.97 Å². The van der Waals surface area contributed by atoms with E-state index in [1.165, 1.54) is 0 Å². The molecule has 1 aromatic carbocycles. The van der Waals surface area contributed by atoms with Gasteiger partial charge in [0.1, 0.15) is 16.3 Å². The fourth-order valence-electron chi connectivity index (χ4n) is 1.82. The van der Waals surface area contributed by atoms with Crippen LogP contribution in [0.25, 0.3) is 0 Å². The smallest absolute Gasteiger partial charge is 0.344 e. The Morgan fingerprint density at radius 3 is 2.57 bits per heavy atom. The maximum Gasteiger partial charge on any atom is 0.344 e. The largest absolute Gasteiger partial charge is 0.462 e. The molecule has 0 atom stereocenters. The zero-order valence-electron chi connectivity index (χ0n) is 10.7. The highest BCUT2D eigenvalue weighted by Crippen LogP contribution is 2.32. The van der Waals surface area contributed by atoms with Crippen molar-refractivity contribution in [2.75, 3.05) is 6.61 Å². The minimum absolute atomic E-state index is 0.0309. The van der Waals surface area contributed by atoms with Crippen LogP contribution < -0.4 is 5.14 Å². The summed E-state index contributed by atoms with van der Waals surface area (Å²) < 4.78 is 54.8. The summed E-state index contributed by atoms with van der Waals surface area (Å²) in [4.78, 5) is 10.8. The highest BCUT2D eigenvalue weighted by molar-refractivity contribution is 9.10. The molecule has 0 unspecified atom stereocenters. The van der Waals surface area contributed by atoms with Crippen LogP contribution in [0, 0.1) is 17.6 Å². The zero-order chi connectivity index (χ0) is 15.8. The van der Waals surface area contributed by atoms with Crippen LogP contribution in [0.3, 0.4) is 0 Å². The maximum absolute atomic E-state index is 14.1. The van der Waals surface area contributed by atoms with Crippen molar-refractivity contribution in [3.8, 4) is 0 Å². The summed E-state index contributed by atoms with van der Waals surface area (Å²) in [5.74, 6) is -3.54. The Kier molecular flexibility index (Phi) is 4.64. The van der Waals surface area contributed by atoms with Gasteiger partial charge in [-0.25, -0.2) is 27.1 Å². The molecule has 2 N–H and O–H groups in total. The molecule has 1 fully saturated rings. The summed E-state index contributed by atoms with van der Waals surface area (Å²) in [5, 5.41) is 4.85. The summed E-state index contributed by atoms with van der Waals surface area (Å²) in [6, 6.07) is 0.667. The normalized spacial score (nSPS) is 15.0. The lowest BCUT2D eigenvalue weighted by atomic mass is 10.2. The Hall–Kier alpha value is -1.06. The number of hydrogen-bond acceptors (Lipinski definition) is 4. The van der Waals surface area contributed by atoms with E-state index in [1.807, 2.05) is 0 Å². The molecule has 21 heavy (non-hydrogen) atoms. The Morgan fingerprint density at radius 2 is 2.05 bits per heavy atom. The van der Waals surface area contributed by atoms with Gasteiger partial charge in [0.15, 0.2) is 5.82 Å². The molecule has 0 aromatic heterocycles. The van der Waals surface area contributed by atoms with Crippen LogP contribution in [0.1, 0.15) is 29.6 Å². The number of rotatable bonds is 5. The van der Waals surface area contributed by atoms with Gasteiger partial charge < -0.3 is 4.74 Å². The van der Waals surface area contributed by atoms with Gasteiger partial charge in [0.25, 0.3) is 0 Å². The van der Waals surface area contributed by atoms with Crippen LogP contribution in [0.15, 0.2) is 15.4 Å². The Bertz CT molecular complexity index is 689. The first-order chi connectivity index (χ1) is 9.71. The third-order valence-corrected chi connectivity index (χ3v) is 4.93. The molecule has 1 saturated carbocycles.